The van der Waals surface area contributed by atoms with Crippen molar-refractivity contribution in [2.24, 2.45) is 5.92 Å². The van der Waals surface area contributed by atoms with Gasteiger partial charge in [0.15, 0.2) is 0 Å². The lowest BCUT2D eigenvalue weighted by Gasteiger charge is -2.29. The number of rotatable bonds is 7. The van der Waals surface area contributed by atoms with E-state index in [1.807, 2.05) is 6.07 Å². The summed E-state index contributed by atoms with van der Waals surface area (Å²) < 4.78 is 0. The molecule has 21 heavy (non-hydrogen) atoms. The fourth-order valence-electron chi connectivity index (χ4n) is 2.60. The van der Waals surface area contributed by atoms with Crippen molar-refractivity contribution in [2.45, 2.75) is 39.5 Å². The molecule has 0 radical (unpaired) electrons. The summed E-state index contributed by atoms with van der Waals surface area (Å²) in [7, 11) is 2.20. The number of hydrogen-bond acceptors (Lipinski definition) is 5. The summed E-state index contributed by atoms with van der Waals surface area (Å²) in [5, 5.41) is 6.87. The quantitative estimate of drug-likeness (QED) is 0.809. The summed E-state index contributed by atoms with van der Waals surface area (Å²) in [5.41, 5.74) is 0. The third kappa shape index (κ3) is 5.16. The fourth-order valence-corrected chi connectivity index (χ4v) is 2.60. The summed E-state index contributed by atoms with van der Waals surface area (Å²) in [4.78, 5) is 11.5. The van der Waals surface area contributed by atoms with Crippen molar-refractivity contribution in [3.05, 3.63) is 11.9 Å². The third-order valence-corrected chi connectivity index (χ3v) is 4.05. The third-order valence-electron chi connectivity index (χ3n) is 4.05. The lowest BCUT2D eigenvalue weighted by Crippen LogP contribution is -2.33. The molecule has 1 fully saturated rings. The van der Waals surface area contributed by atoms with Crippen molar-refractivity contribution in [1.82, 2.24) is 14.9 Å². The molecular weight excluding hydrogens is 262 g/mol. The highest BCUT2D eigenvalue weighted by Gasteiger charge is 2.16. The Morgan fingerprint density at radius 3 is 2.43 bits per heavy atom. The van der Waals surface area contributed by atoms with Gasteiger partial charge in [-0.3, -0.25) is 0 Å². The van der Waals surface area contributed by atoms with E-state index in [0.717, 1.165) is 49.3 Å². The van der Waals surface area contributed by atoms with Crippen molar-refractivity contribution >= 4 is 11.6 Å². The molecule has 5 nitrogen and oxygen atoms in total. The van der Waals surface area contributed by atoms with Crippen LogP contribution in [0, 0.1) is 5.92 Å². The Labute approximate surface area is 128 Å². The highest BCUT2D eigenvalue weighted by atomic mass is 15.1. The van der Waals surface area contributed by atoms with Gasteiger partial charge in [-0.05, 0) is 45.3 Å². The molecule has 1 aliphatic rings. The van der Waals surface area contributed by atoms with Crippen LogP contribution in [0.4, 0.5) is 11.6 Å². The Morgan fingerprint density at radius 2 is 1.81 bits per heavy atom. The highest BCUT2D eigenvalue weighted by Crippen LogP contribution is 2.18. The number of hydrogen-bond donors (Lipinski definition) is 2. The average molecular weight is 291 g/mol. The van der Waals surface area contributed by atoms with E-state index in [1.165, 1.54) is 25.9 Å². The minimum atomic E-state index is 0.758. The summed E-state index contributed by atoms with van der Waals surface area (Å²) in [5.74, 6) is 3.56. The fraction of sp³-hybridized carbons (Fsp3) is 0.750. The van der Waals surface area contributed by atoms with E-state index >= 15 is 0 Å². The van der Waals surface area contributed by atoms with Crippen LogP contribution in [0.5, 0.6) is 0 Å². The van der Waals surface area contributed by atoms with Gasteiger partial charge < -0.3 is 15.5 Å². The summed E-state index contributed by atoms with van der Waals surface area (Å²) in [6.07, 6.45) is 4.51. The maximum atomic E-state index is 4.59. The number of aryl methyl sites for hydroxylation is 1. The molecule has 2 heterocycles. The van der Waals surface area contributed by atoms with Gasteiger partial charge in [-0.1, -0.05) is 13.8 Å². The second-order valence-corrected chi connectivity index (χ2v) is 5.96. The monoisotopic (exact) mass is 291 g/mol. The van der Waals surface area contributed by atoms with Crippen LogP contribution in [-0.4, -0.2) is 48.1 Å². The normalized spacial score (nSPS) is 16.9. The molecule has 0 aromatic carbocycles. The van der Waals surface area contributed by atoms with Crippen LogP contribution >= 0.6 is 0 Å². The Hall–Kier alpha value is -1.36. The van der Waals surface area contributed by atoms with E-state index in [1.54, 1.807) is 0 Å². The molecule has 2 N–H and O–H groups in total. The first kappa shape index (κ1) is 16.0. The molecule has 0 aliphatic carbocycles. The molecule has 0 unspecified atom stereocenters. The van der Waals surface area contributed by atoms with Crippen LogP contribution in [0.15, 0.2) is 6.07 Å². The molecule has 0 atom stereocenters. The number of piperidine rings is 1. The van der Waals surface area contributed by atoms with Gasteiger partial charge in [0.05, 0.1) is 0 Å². The number of nitrogens with zero attached hydrogens (tertiary/aromatic N) is 3. The first-order valence-electron chi connectivity index (χ1n) is 8.25. The van der Waals surface area contributed by atoms with Crippen LogP contribution in [0.25, 0.3) is 0 Å². The molecule has 0 amide bonds. The van der Waals surface area contributed by atoms with Gasteiger partial charge in [-0.25, -0.2) is 9.97 Å². The second-order valence-electron chi connectivity index (χ2n) is 5.96. The number of likely N-dealkylation sites (tertiary alicyclic amines) is 1. The number of anilines is 2. The molecule has 0 spiro atoms. The predicted molar refractivity (Wildman–Crippen MR) is 88.9 cm³/mol. The highest BCUT2D eigenvalue weighted by molar-refractivity contribution is 5.47. The van der Waals surface area contributed by atoms with E-state index in [0.29, 0.717) is 0 Å². The SMILES string of the molecule is CCCNc1cc(NCC2CCN(C)CC2)nc(CC)n1. The lowest BCUT2D eigenvalue weighted by molar-refractivity contribution is 0.226. The van der Waals surface area contributed by atoms with Gasteiger partial charge in [0.25, 0.3) is 0 Å². The maximum absolute atomic E-state index is 4.59. The molecule has 2 rings (SSSR count). The average Bonchev–Trinajstić information content (AvgIpc) is 2.52. The van der Waals surface area contributed by atoms with Gasteiger partial charge in [0, 0.05) is 25.6 Å². The van der Waals surface area contributed by atoms with Crippen molar-refractivity contribution in [3.8, 4) is 0 Å². The maximum Gasteiger partial charge on any atom is 0.132 e. The van der Waals surface area contributed by atoms with Crippen molar-refractivity contribution in [2.75, 3.05) is 43.9 Å². The van der Waals surface area contributed by atoms with Gasteiger partial charge in [0.1, 0.15) is 17.5 Å². The van der Waals surface area contributed by atoms with E-state index in [2.05, 4.69) is 46.4 Å². The van der Waals surface area contributed by atoms with Gasteiger partial charge in [-0.15, -0.1) is 0 Å². The van der Waals surface area contributed by atoms with Crippen molar-refractivity contribution in [3.63, 3.8) is 0 Å². The predicted octanol–water partition coefficient (Wildman–Crippen LogP) is 2.61. The molecular formula is C16H29N5. The van der Waals surface area contributed by atoms with Gasteiger partial charge >= 0.3 is 0 Å². The summed E-state index contributed by atoms with van der Waals surface area (Å²) >= 11 is 0. The van der Waals surface area contributed by atoms with Gasteiger partial charge in [-0.2, -0.15) is 0 Å². The zero-order valence-corrected chi connectivity index (χ0v) is 13.7. The minimum Gasteiger partial charge on any atom is -0.370 e. The van der Waals surface area contributed by atoms with Crippen LogP contribution < -0.4 is 10.6 Å². The smallest absolute Gasteiger partial charge is 0.132 e. The zero-order chi connectivity index (χ0) is 15.1. The molecule has 1 aromatic heterocycles. The molecule has 0 saturated carbocycles. The second kappa shape index (κ2) is 8.17. The summed E-state index contributed by atoms with van der Waals surface area (Å²) in [6, 6.07) is 2.03. The summed E-state index contributed by atoms with van der Waals surface area (Å²) in [6.45, 7) is 8.64. The molecule has 1 aliphatic heterocycles. The standard InChI is InChI=1S/C16H29N5/c1-4-8-17-15-11-16(20-14(5-2)19-15)18-12-13-6-9-21(3)10-7-13/h11,13H,4-10,12H2,1-3H3,(H2,17,18,19,20). The molecule has 5 heteroatoms. The zero-order valence-electron chi connectivity index (χ0n) is 13.7. The van der Waals surface area contributed by atoms with Crippen molar-refractivity contribution in [1.29, 1.82) is 0 Å². The van der Waals surface area contributed by atoms with Crippen molar-refractivity contribution < 1.29 is 0 Å². The molecule has 1 saturated heterocycles. The molecule has 1 aromatic rings. The Bertz CT molecular complexity index is 427. The Balaban J connectivity index is 1.91. The minimum absolute atomic E-state index is 0.758. The van der Waals surface area contributed by atoms with Gasteiger partial charge in [0.2, 0.25) is 0 Å². The Kier molecular flexibility index (Phi) is 6.23. The van der Waals surface area contributed by atoms with E-state index < -0.39 is 0 Å². The number of aromatic nitrogens is 2. The van der Waals surface area contributed by atoms with E-state index in [-0.39, 0.29) is 0 Å². The van der Waals surface area contributed by atoms with Crippen LogP contribution in [0.2, 0.25) is 0 Å². The number of nitrogens with one attached hydrogen (secondary N) is 2. The largest absolute Gasteiger partial charge is 0.370 e. The Morgan fingerprint density at radius 1 is 1.14 bits per heavy atom. The first-order valence-corrected chi connectivity index (χ1v) is 8.25. The molecule has 118 valence electrons. The lowest BCUT2D eigenvalue weighted by atomic mass is 9.97. The van der Waals surface area contributed by atoms with Crippen LogP contribution in [0.1, 0.15) is 38.9 Å². The van der Waals surface area contributed by atoms with Crippen LogP contribution in [0.3, 0.4) is 0 Å². The van der Waals surface area contributed by atoms with E-state index in [4.69, 9.17) is 0 Å². The first-order chi connectivity index (χ1) is 10.2. The molecule has 0 bridgehead atoms. The topological polar surface area (TPSA) is 53.1 Å². The van der Waals surface area contributed by atoms with E-state index in [9.17, 15) is 0 Å². The van der Waals surface area contributed by atoms with Crippen LogP contribution in [-0.2, 0) is 6.42 Å².